The topological polar surface area (TPSA) is 0 Å². The van der Waals surface area contributed by atoms with Crippen LogP contribution in [0.2, 0.25) is 0 Å². The first-order chi connectivity index (χ1) is 7.79. The summed E-state index contributed by atoms with van der Waals surface area (Å²) in [5.41, 5.74) is 0.887. The Morgan fingerprint density at radius 1 is 1.12 bits per heavy atom. The maximum absolute atomic E-state index is 13.3. The summed E-state index contributed by atoms with van der Waals surface area (Å²) in [6.45, 7) is 3.51. The highest BCUT2D eigenvalue weighted by Crippen LogP contribution is 2.18. The van der Waals surface area contributed by atoms with E-state index in [0.29, 0.717) is 0 Å². The molecule has 0 bridgehead atoms. The summed E-state index contributed by atoms with van der Waals surface area (Å²) in [7, 11) is 0. The van der Waals surface area contributed by atoms with Crippen LogP contribution in [0.5, 0.6) is 0 Å². The summed E-state index contributed by atoms with van der Waals surface area (Å²) < 4.78 is 13.3. The lowest BCUT2D eigenvalue weighted by atomic mass is 10.1. The molecule has 1 heteroatoms. The molecule has 0 unspecified atom stereocenters. The number of hydrogen-bond donors (Lipinski definition) is 0. The van der Waals surface area contributed by atoms with Crippen LogP contribution in [0.4, 0.5) is 4.39 Å². The van der Waals surface area contributed by atoms with Gasteiger partial charge in [-0.3, -0.25) is 0 Å². The van der Waals surface area contributed by atoms with E-state index in [1.807, 2.05) is 42.5 Å². The summed E-state index contributed by atoms with van der Waals surface area (Å²) in [5, 5.41) is 2.30. The summed E-state index contributed by atoms with van der Waals surface area (Å²) in [5.74, 6) is -0.162. The normalized spacial score (nSPS) is 11.7. The summed E-state index contributed by atoms with van der Waals surface area (Å²) >= 11 is 0. The maximum atomic E-state index is 13.3. The van der Waals surface area contributed by atoms with E-state index in [4.69, 9.17) is 0 Å². The lowest BCUT2D eigenvalue weighted by Gasteiger charge is -1.99. The van der Waals surface area contributed by atoms with Crippen molar-refractivity contribution in [1.82, 2.24) is 0 Å². The number of rotatable bonds is 3. The predicted molar refractivity (Wildman–Crippen MR) is 67.8 cm³/mol. The third-order valence-corrected chi connectivity index (χ3v) is 2.44. The molecule has 0 aromatic heterocycles. The first kappa shape index (κ1) is 10.6. The number of benzene rings is 2. The van der Waals surface area contributed by atoms with E-state index in [1.54, 1.807) is 12.2 Å². The Labute approximate surface area is 94.7 Å². The van der Waals surface area contributed by atoms with Crippen molar-refractivity contribution >= 4 is 16.8 Å². The van der Waals surface area contributed by atoms with E-state index in [2.05, 4.69) is 6.58 Å². The Balaban J connectivity index is 2.39. The van der Waals surface area contributed by atoms with Crippen molar-refractivity contribution in [2.75, 3.05) is 0 Å². The molecular weight excluding hydrogens is 199 g/mol. The highest BCUT2D eigenvalue weighted by Gasteiger charge is 1.96. The number of allylic oxidation sites excluding steroid dienone is 2. The minimum Gasteiger partial charge on any atom is -0.211 e. The van der Waals surface area contributed by atoms with Crippen molar-refractivity contribution in [3.63, 3.8) is 0 Å². The molecule has 0 aliphatic rings. The fourth-order valence-corrected chi connectivity index (χ4v) is 1.68. The fourth-order valence-electron chi connectivity index (χ4n) is 1.68. The molecule has 2 rings (SSSR count). The van der Waals surface area contributed by atoms with E-state index in [1.165, 1.54) is 5.39 Å². The molecule has 2 aromatic carbocycles. The SMILES string of the molecule is C=CC/C(F)=C/c1ccc2ccccc2c1. The third-order valence-electron chi connectivity index (χ3n) is 2.44. The van der Waals surface area contributed by atoms with Gasteiger partial charge in [0.15, 0.2) is 0 Å². The lowest BCUT2D eigenvalue weighted by molar-refractivity contribution is 0.626. The van der Waals surface area contributed by atoms with E-state index in [-0.39, 0.29) is 12.2 Å². The van der Waals surface area contributed by atoms with Crippen molar-refractivity contribution in [2.24, 2.45) is 0 Å². The Morgan fingerprint density at radius 3 is 2.62 bits per heavy atom. The molecule has 0 amide bonds. The van der Waals surface area contributed by atoms with Gasteiger partial charge in [0, 0.05) is 6.42 Å². The molecule has 0 N–H and O–H groups in total. The summed E-state index contributed by atoms with van der Waals surface area (Å²) in [6.07, 6.45) is 3.40. The first-order valence-electron chi connectivity index (χ1n) is 5.25. The zero-order valence-electron chi connectivity index (χ0n) is 8.99. The van der Waals surface area contributed by atoms with Crippen molar-refractivity contribution in [3.8, 4) is 0 Å². The quantitative estimate of drug-likeness (QED) is 0.645. The zero-order valence-corrected chi connectivity index (χ0v) is 8.99. The van der Waals surface area contributed by atoms with Crippen molar-refractivity contribution in [3.05, 3.63) is 66.5 Å². The van der Waals surface area contributed by atoms with Crippen LogP contribution in [0.1, 0.15) is 12.0 Å². The van der Waals surface area contributed by atoms with Crippen LogP contribution in [-0.2, 0) is 0 Å². The van der Waals surface area contributed by atoms with Gasteiger partial charge in [0.2, 0.25) is 0 Å². The van der Waals surface area contributed by atoms with Gasteiger partial charge in [-0.1, -0.05) is 42.5 Å². The van der Waals surface area contributed by atoms with Gasteiger partial charge in [0.25, 0.3) is 0 Å². The molecular formula is C15H13F. The molecule has 0 heterocycles. The number of halogens is 1. The van der Waals surface area contributed by atoms with Gasteiger partial charge < -0.3 is 0 Å². The molecule has 80 valence electrons. The van der Waals surface area contributed by atoms with Crippen LogP contribution < -0.4 is 0 Å². The molecule has 0 saturated carbocycles. The molecule has 0 fully saturated rings. The van der Waals surface area contributed by atoms with Crippen molar-refractivity contribution < 1.29 is 4.39 Å². The lowest BCUT2D eigenvalue weighted by Crippen LogP contribution is -1.77. The molecule has 2 aromatic rings. The second-order valence-electron chi connectivity index (χ2n) is 3.69. The minimum absolute atomic E-state index is 0.162. The second kappa shape index (κ2) is 4.75. The summed E-state index contributed by atoms with van der Waals surface area (Å²) in [6, 6.07) is 14.0. The molecule has 0 saturated heterocycles. The highest BCUT2D eigenvalue weighted by molar-refractivity contribution is 5.84. The average Bonchev–Trinajstić information content (AvgIpc) is 2.29. The van der Waals surface area contributed by atoms with E-state index in [0.717, 1.165) is 10.9 Å². The first-order valence-corrected chi connectivity index (χ1v) is 5.25. The van der Waals surface area contributed by atoms with Gasteiger partial charge in [-0.15, -0.1) is 6.58 Å². The van der Waals surface area contributed by atoms with Crippen LogP contribution in [0.15, 0.2) is 60.9 Å². The number of hydrogen-bond acceptors (Lipinski definition) is 0. The predicted octanol–water partition coefficient (Wildman–Crippen LogP) is 4.73. The van der Waals surface area contributed by atoms with E-state index < -0.39 is 0 Å². The molecule has 0 aliphatic heterocycles. The Kier molecular flexibility index (Phi) is 3.16. The van der Waals surface area contributed by atoms with Crippen molar-refractivity contribution in [2.45, 2.75) is 6.42 Å². The molecule has 0 radical (unpaired) electrons. The van der Waals surface area contributed by atoms with Gasteiger partial charge in [0.1, 0.15) is 5.83 Å². The fraction of sp³-hybridized carbons (Fsp3) is 0.0667. The average molecular weight is 212 g/mol. The largest absolute Gasteiger partial charge is 0.211 e. The summed E-state index contributed by atoms with van der Waals surface area (Å²) in [4.78, 5) is 0. The second-order valence-corrected chi connectivity index (χ2v) is 3.69. The molecule has 0 aliphatic carbocycles. The molecule has 0 spiro atoms. The zero-order chi connectivity index (χ0) is 11.4. The standard InChI is InChI=1S/C15H13F/c1-2-5-15(16)11-12-8-9-13-6-3-4-7-14(13)10-12/h2-4,6-11H,1,5H2/b15-11-. The van der Waals surface area contributed by atoms with Gasteiger partial charge in [-0.05, 0) is 28.5 Å². The van der Waals surface area contributed by atoms with Gasteiger partial charge >= 0.3 is 0 Å². The van der Waals surface area contributed by atoms with Gasteiger partial charge in [0.05, 0.1) is 0 Å². The number of fused-ring (bicyclic) bond motifs is 1. The van der Waals surface area contributed by atoms with E-state index in [9.17, 15) is 4.39 Å². The minimum atomic E-state index is -0.162. The third kappa shape index (κ3) is 2.37. The molecule has 16 heavy (non-hydrogen) atoms. The van der Waals surface area contributed by atoms with E-state index >= 15 is 0 Å². The maximum Gasteiger partial charge on any atom is 0.104 e. The van der Waals surface area contributed by atoms with Crippen LogP contribution in [-0.4, -0.2) is 0 Å². The molecule has 0 atom stereocenters. The smallest absolute Gasteiger partial charge is 0.104 e. The van der Waals surface area contributed by atoms with Gasteiger partial charge in [-0.25, -0.2) is 4.39 Å². The monoisotopic (exact) mass is 212 g/mol. The van der Waals surface area contributed by atoms with Gasteiger partial charge in [-0.2, -0.15) is 0 Å². The highest BCUT2D eigenvalue weighted by atomic mass is 19.1. The Bertz CT molecular complexity index is 538. The van der Waals surface area contributed by atoms with Crippen LogP contribution >= 0.6 is 0 Å². The Morgan fingerprint density at radius 2 is 1.88 bits per heavy atom. The van der Waals surface area contributed by atoms with Crippen LogP contribution in [0.25, 0.3) is 16.8 Å². The Hall–Kier alpha value is -1.89. The van der Waals surface area contributed by atoms with Crippen LogP contribution in [0, 0.1) is 0 Å². The van der Waals surface area contributed by atoms with Crippen LogP contribution in [0.3, 0.4) is 0 Å². The van der Waals surface area contributed by atoms with Crippen molar-refractivity contribution in [1.29, 1.82) is 0 Å². The molecule has 0 nitrogen and oxygen atoms in total.